The molecule has 2 fully saturated rings. The van der Waals surface area contributed by atoms with E-state index in [0.29, 0.717) is 18.1 Å². The zero-order valence-electron chi connectivity index (χ0n) is 21.7. The maximum atomic E-state index is 13.0. The van der Waals surface area contributed by atoms with Gasteiger partial charge < -0.3 is 4.90 Å². The van der Waals surface area contributed by atoms with Crippen molar-refractivity contribution in [2.75, 3.05) is 32.7 Å². The van der Waals surface area contributed by atoms with E-state index in [1.54, 1.807) is 5.57 Å². The number of piperidine rings is 1. The number of hydrogen-bond donors (Lipinski definition) is 0. The van der Waals surface area contributed by atoms with Crippen LogP contribution in [0.15, 0.2) is 59.8 Å². The molecule has 0 radical (unpaired) electrons. The molecule has 4 heteroatoms. The van der Waals surface area contributed by atoms with E-state index in [1.165, 1.54) is 43.4 Å². The Hall–Kier alpha value is -1.91. The summed E-state index contributed by atoms with van der Waals surface area (Å²) in [7, 11) is 0. The van der Waals surface area contributed by atoms with Gasteiger partial charge in [0.05, 0.1) is 12.0 Å². The lowest BCUT2D eigenvalue weighted by molar-refractivity contribution is -0.133. The number of nitrogens with zero attached hydrogens (tertiary/aromatic N) is 3. The van der Waals surface area contributed by atoms with Crippen LogP contribution in [-0.4, -0.2) is 71.5 Å². The van der Waals surface area contributed by atoms with Gasteiger partial charge in [0.2, 0.25) is 5.91 Å². The summed E-state index contributed by atoms with van der Waals surface area (Å²) in [4.78, 5) is 20.5. The molecule has 2 bridgehead atoms. The lowest BCUT2D eigenvalue weighted by Gasteiger charge is -2.47. The highest BCUT2D eigenvalue weighted by Crippen LogP contribution is 2.39. The van der Waals surface area contributed by atoms with Crippen LogP contribution in [0.2, 0.25) is 0 Å². The Labute approximate surface area is 207 Å². The quantitative estimate of drug-likeness (QED) is 0.444. The average molecular weight is 464 g/mol. The molecular weight excluding hydrogens is 418 g/mol. The van der Waals surface area contributed by atoms with Crippen LogP contribution in [-0.2, 0) is 4.79 Å². The van der Waals surface area contributed by atoms with Crippen molar-refractivity contribution >= 4 is 5.91 Å². The molecule has 4 unspecified atom stereocenters. The van der Waals surface area contributed by atoms with Crippen molar-refractivity contribution in [1.29, 1.82) is 0 Å². The standard InChI is InChI=1S/C30H45N3O/c1-5-19-31-20-18-27-12-9-13-28(22-31)33(27)29(26-11-8-10-23(4)21-26)24-14-16-25(17-15-24)30(34)32(6-2)7-3/h5,10,14-16,21,25,27-29H,1,6-9,11-13,17-20,22H2,2-4H3. The summed E-state index contributed by atoms with van der Waals surface area (Å²) in [5.74, 6) is 0.258. The smallest absolute Gasteiger partial charge is 0.229 e. The van der Waals surface area contributed by atoms with E-state index < -0.39 is 0 Å². The highest BCUT2D eigenvalue weighted by molar-refractivity contribution is 5.81. The Morgan fingerprint density at radius 3 is 2.68 bits per heavy atom. The normalized spacial score (nSPS) is 28.9. The number of hydrogen-bond acceptors (Lipinski definition) is 3. The Bertz CT molecular complexity index is 862. The van der Waals surface area contributed by atoms with Crippen molar-refractivity contribution in [3.05, 3.63) is 59.8 Å². The highest BCUT2D eigenvalue weighted by Gasteiger charge is 2.41. The van der Waals surface area contributed by atoms with Gasteiger partial charge in [0.25, 0.3) is 0 Å². The molecule has 0 spiro atoms. The molecule has 2 aliphatic heterocycles. The Kier molecular flexibility index (Phi) is 8.65. The predicted octanol–water partition coefficient (Wildman–Crippen LogP) is 5.51. The van der Waals surface area contributed by atoms with Crippen LogP contribution in [0.1, 0.15) is 65.7 Å². The first-order valence-corrected chi connectivity index (χ1v) is 13.7. The maximum Gasteiger partial charge on any atom is 0.229 e. The summed E-state index contributed by atoms with van der Waals surface area (Å²) in [5, 5.41) is 0. The van der Waals surface area contributed by atoms with E-state index in [2.05, 4.69) is 73.6 Å². The summed E-state index contributed by atoms with van der Waals surface area (Å²) < 4.78 is 0. The maximum absolute atomic E-state index is 13.0. The van der Waals surface area contributed by atoms with Crippen LogP contribution in [0.5, 0.6) is 0 Å². The molecule has 2 aliphatic carbocycles. The SMILES string of the molecule is C=CCN1CCC2CCCC(C1)N2C(C1=CCC(C(=O)N(CC)CC)C=C1)C1=CC(C)=CCC1. The van der Waals surface area contributed by atoms with Gasteiger partial charge in [-0.25, -0.2) is 0 Å². The second-order valence-electron chi connectivity index (χ2n) is 10.5. The van der Waals surface area contributed by atoms with Gasteiger partial charge in [-0.2, -0.15) is 0 Å². The van der Waals surface area contributed by atoms with E-state index in [0.717, 1.165) is 45.4 Å². The predicted molar refractivity (Wildman–Crippen MR) is 143 cm³/mol. The first kappa shape index (κ1) is 25.2. The van der Waals surface area contributed by atoms with Crippen molar-refractivity contribution in [3.63, 3.8) is 0 Å². The average Bonchev–Trinajstić information content (AvgIpc) is 2.93. The van der Waals surface area contributed by atoms with Crippen LogP contribution in [0.3, 0.4) is 0 Å². The first-order valence-electron chi connectivity index (χ1n) is 13.7. The minimum atomic E-state index is -0.0158. The van der Waals surface area contributed by atoms with Gasteiger partial charge in [0, 0.05) is 44.8 Å². The second-order valence-corrected chi connectivity index (χ2v) is 10.5. The van der Waals surface area contributed by atoms with E-state index >= 15 is 0 Å². The summed E-state index contributed by atoms with van der Waals surface area (Å²) >= 11 is 0. The number of carbonyl (C=O) groups excluding carboxylic acids is 1. The lowest BCUT2D eigenvalue weighted by Crippen LogP contribution is -2.54. The Morgan fingerprint density at radius 1 is 1.21 bits per heavy atom. The van der Waals surface area contributed by atoms with E-state index in [1.807, 2.05) is 4.90 Å². The molecule has 186 valence electrons. The number of amides is 1. The van der Waals surface area contributed by atoms with Crippen molar-refractivity contribution in [3.8, 4) is 0 Å². The molecule has 0 aromatic heterocycles. The van der Waals surface area contributed by atoms with E-state index in [-0.39, 0.29) is 11.8 Å². The van der Waals surface area contributed by atoms with Gasteiger partial charge in [-0.1, -0.05) is 48.5 Å². The van der Waals surface area contributed by atoms with Crippen molar-refractivity contribution in [1.82, 2.24) is 14.7 Å². The molecule has 4 atom stereocenters. The summed E-state index contributed by atoms with van der Waals surface area (Å²) in [6.07, 6.45) is 22.1. The van der Waals surface area contributed by atoms with Gasteiger partial charge >= 0.3 is 0 Å². The molecule has 2 heterocycles. The summed E-state index contributed by atoms with van der Waals surface area (Å²) in [5.41, 5.74) is 4.38. The molecule has 0 aromatic rings. The molecule has 2 saturated heterocycles. The van der Waals surface area contributed by atoms with Gasteiger partial charge in [-0.15, -0.1) is 6.58 Å². The second kappa shape index (κ2) is 11.7. The molecule has 34 heavy (non-hydrogen) atoms. The van der Waals surface area contributed by atoms with Gasteiger partial charge in [-0.3, -0.25) is 14.6 Å². The molecule has 4 aliphatic rings. The van der Waals surface area contributed by atoms with Crippen LogP contribution < -0.4 is 0 Å². The number of fused-ring (bicyclic) bond motifs is 2. The fourth-order valence-electron chi connectivity index (χ4n) is 6.63. The zero-order valence-corrected chi connectivity index (χ0v) is 21.7. The van der Waals surface area contributed by atoms with Crippen LogP contribution in [0.4, 0.5) is 0 Å². The minimum Gasteiger partial charge on any atom is -0.343 e. The Morgan fingerprint density at radius 2 is 2.00 bits per heavy atom. The topological polar surface area (TPSA) is 26.8 Å². The largest absolute Gasteiger partial charge is 0.343 e. The zero-order chi connectivity index (χ0) is 24.1. The van der Waals surface area contributed by atoms with Crippen molar-refractivity contribution < 1.29 is 4.79 Å². The third-order valence-corrected chi connectivity index (χ3v) is 8.35. The van der Waals surface area contributed by atoms with Crippen molar-refractivity contribution in [2.24, 2.45) is 5.92 Å². The fraction of sp³-hybridized carbons (Fsp3) is 0.633. The van der Waals surface area contributed by atoms with Crippen LogP contribution >= 0.6 is 0 Å². The Balaban J connectivity index is 1.64. The van der Waals surface area contributed by atoms with Crippen LogP contribution in [0, 0.1) is 5.92 Å². The van der Waals surface area contributed by atoms with Crippen molar-refractivity contribution in [2.45, 2.75) is 83.8 Å². The summed E-state index contributed by atoms with van der Waals surface area (Å²) in [6, 6.07) is 1.56. The number of carbonyl (C=O) groups is 1. The monoisotopic (exact) mass is 463 g/mol. The fourth-order valence-corrected chi connectivity index (χ4v) is 6.63. The molecule has 0 aromatic carbocycles. The third kappa shape index (κ3) is 5.49. The van der Waals surface area contributed by atoms with Gasteiger partial charge in [0.1, 0.15) is 0 Å². The van der Waals surface area contributed by atoms with Gasteiger partial charge in [0.15, 0.2) is 0 Å². The lowest BCUT2D eigenvalue weighted by atomic mass is 9.81. The van der Waals surface area contributed by atoms with E-state index in [4.69, 9.17) is 0 Å². The minimum absolute atomic E-state index is 0.0158. The molecular formula is C30H45N3O. The third-order valence-electron chi connectivity index (χ3n) is 8.35. The van der Waals surface area contributed by atoms with Crippen LogP contribution in [0.25, 0.3) is 0 Å². The molecule has 4 rings (SSSR count). The molecule has 1 amide bonds. The first-order chi connectivity index (χ1) is 16.5. The molecule has 0 saturated carbocycles. The summed E-state index contributed by atoms with van der Waals surface area (Å²) in [6.45, 7) is 15.3. The number of rotatable bonds is 8. The van der Waals surface area contributed by atoms with E-state index in [9.17, 15) is 4.79 Å². The van der Waals surface area contributed by atoms with Gasteiger partial charge in [-0.05, 0) is 70.4 Å². The molecule has 4 nitrogen and oxygen atoms in total. The highest BCUT2D eigenvalue weighted by atomic mass is 16.2. The number of allylic oxidation sites excluding steroid dienone is 4. The molecule has 0 N–H and O–H groups in total.